The average molecular weight is 299 g/mol. The van der Waals surface area contributed by atoms with E-state index in [9.17, 15) is 5.11 Å². The third-order valence-corrected chi connectivity index (χ3v) is 2.97. The molecule has 94 valence electrons. The molecule has 1 rings (SSSR count). The van der Waals surface area contributed by atoms with E-state index in [4.69, 9.17) is 4.74 Å². The minimum atomic E-state index is -0.437. The Morgan fingerprint density at radius 1 is 1.53 bits per heavy atom. The molecule has 0 fully saturated rings. The molecule has 1 aromatic carbocycles. The molecule has 17 heavy (non-hydrogen) atoms. The number of hydrogen-bond donors (Lipinski definition) is 1. The number of hydrogen-bond acceptors (Lipinski definition) is 2. The molecule has 0 aliphatic rings. The third kappa shape index (κ3) is 4.52. The largest absolute Gasteiger partial charge is 0.493 e. The number of rotatable bonds is 5. The third-order valence-electron chi connectivity index (χ3n) is 2.48. The normalized spacial score (nSPS) is 13.6. The summed E-state index contributed by atoms with van der Waals surface area (Å²) in [6.45, 7) is 6.46. The molecule has 0 bridgehead atoms. The van der Waals surface area contributed by atoms with Gasteiger partial charge in [-0.1, -0.05) is 22.9 Å². The first kappa shape index (κ1) is 14.3. The van der Waals surface area contributed by atoms with Gasteiger partial charge in [0, 0.05) is 10.0 Å². The first-order valence-corrected chi connectivity index (χ1v) is 6.62. The van der Waals surface area contributed by atoms with Gasteiger partial charge < -0.3 is 9.84 Å². The van der Waals surface area contributed by atoms with Crippen molar-refractivity contribution in [3.8, 4) is 5.75 Å². The smallest absolute Gasteiger partial charge is 0.126 e. The summed E-state index contributed by atoms with van der Waals surface area (Å²) in [5.74, 6) is 0.857. The standard InChI is InChI=1S/C14H19BrO2/c1-4-7-17-14-6-5-13(15)9-12(14)8-10(2)11(3)16/h5-6,8-9,11,16H,4,7H2,1-3H3/b10-8-. The Balaban J connectivity index is 3.02. The van der Waals surface area contributed by atoms with E-state index >= 15 is 0 Å². The van der Waals surface area contributed by atoms with Crippen LogP contribution in [-0.4, -0.2) is 17.8 Å². The van der Waals surface area contributed by atoms with Crippen molar-refractivity contribution in [3.05, 3.63) is 33.8 Å². The minimum Gasteiger partial charge on any atom is -0.493 e. The van der Waals surface area contributed by atoms with Gasteiger partial charge in [-0.05, 0) is 50.1 Å². The van der Waals surface area contributed by atoms with Crippen molar-refractivity contribution in [1.29, 1.82) is 0 Å². The molecular weight excluding hydrogens is 280 g/mol. The van der Waals surface area contributed by atoms with E-state index in [-0.39, 0.29) is 0 Å². The van der Waals surface area contributed by atoms with E-state index in [0.717, 1.165) is 27.8 Å². The minimum absolute atomic E-state index is 0.437. The molecule has 0 amide bonds. The van der Waals surface area contributed by atoms with Gasteiger partial charge in [-0.2, -0.15) is 0 Å². The second kappa shape index (κ2) is 6.82. The van der Waals surface area contributed by atoms with E-state index in [1.165, 1.54) is 0 Å². The van der Waals surface area contributed by atoms with Gasteiger partial charge in [-0.25, -0.2) is 0 Å². The fourth-order valence-electron chi connectivity index (χ4n) is 1.34. The molecule has 1 N–H and O–H groups in total. The van der Waals surface area contributed by atoms with Crippen molar-refractivity contribution in [2.75, 3.05) is 6.61 Å². The fraction of sp³-hybridized carbons (Fsp3) is 0.429. The Morgan fingerprint density at radius 3 is 2.82 bits per heavy atom. The molecule has 1 atom stereocenters. The summed E-state index contributed by atoms with van der Waals surface area (Å²) in [7, 11) is 0. The van der Waals surface area contributed by atoms with E-state index < -0.39 is 6.10 Å². The molecule has 0 saturated heterocycles. The highest BCUT2D eigenvalue weighted by molar-refractivity contribution is 9.10. The lowest BCUT2D eigenvalue weighted by Crippen LogP contribution is -2.01. The van der Waals surface area contributed by atoms with Crippen LogP contribution in [0.15, 0.2) is 28.2 Å². The van der Waals surface area contributed by atoms with Gasteiger partial charge in [-0.15, -0.1) is 0 Å². The van der Waals surface area contributed by atoms with Crippen molar-refractivity contribution < 1.29 is 9.84 Å². The molecule has 0 radical (unpaired) electrons. The van der Waals surface area contributed by atoms with Crippen molar-refractivity contribution in [1.82, 2.24) is 0 Å². The SMILES string of the molecule is CCCOc1ccc(Br)cc1/C=C(/C)C(C)O. The van der Waals surface area contributed by atoms with E-state index in [2.05, 4.69) is 22.9 Å². The number of halogens is 1. The Kier molecular flexibility index (Phi) is 5.72. The highest BCUT2D eigenvalue weighted by Crippen LogP contribution is 2.26. The van der Waals surface area contributed by atoms with Crippen LogP contribution in [0.4, 0.5) is 0 Å². The summed E-state index contributed by atoms with van der Waals surface area (Å²) in [5.41, 5.74) is 1.91. The number of aliphatic hydroxyl groups is 1. The molecule has 0 aromatic heterocycles. The fourth-order valence-corrected chi connectivity index (χ4v) is 1.72. The predicted octanol–water partition coefficient (Wildman–Crippen LogP) is 4.02. The molecule has 0 aliphatic heterocycles. The van der Waals surface area contributed by atoms with E-state index in [1.807, 2.05) is 31.2 Å². The van der Waals surface area contributed by atoms with Gasteiger partial charge in [-0.3, -0.25) is 0 Å². The topological polar surface area (TPSA) is 29.5 Å². The predicted molar refractivity (Wildman–Crippen MR) is 75.3 cm³/mol. The van der Waals surface area contributed by atoms with E-state index in [0.29, 0.717) is 6.61 Å². The summed E-state index contributed by atoms with van der Waals surface area (Å²) >= 11 is 3.44. The lowest BCUT2D eigenvalue weighted by molar-refractivity contribution is 0.232. The first-order valence-electron chi connectivity index (χ1n) is 5.83. The highest BCUT2D eigenvalue weighted by atomic mass is 79.9. The number of aliphatic hydroxyl groups excluding tert-OH is 1. The van der Waals surface area contributed by atoms with Crippen LogP contribution in [0.5, 0.6) is 5.75 Å². The Labute approximate surface area is 111 Å². The molecule has 1 unspecified atom stereocenters. The first-order chi connectivity index (χ1) is 8.04. The van der Waals surface area contributed by atoms with Crippen LogP contribution in [0.2, 0.25) is 0 Å². The summed E-state index contributed by atoms with van der Waals surface area (Å²) in [5, 5.41) is 9.50. The van der Waals surface area contributed by atoms with Crippen molar-refractivity contribution in [3.63, 3.8) is 0 Å². The second-order valence-corrected chi connectivity index (χ2v) is 5.01. The van der Waals surface area contributed by atoms with Crippen LogP contribution in [0.1, 0.15) is 32.8 Å². The maximum absolute atomic E-state index is 9.50. The molecule has 1 aromatic rings. The molecule has 0 spiro atoms. The van der Waals surface area contributed by atoms with Gasteiger partial charge in [0.05, 0.1) is 12.7 Å². The maximum atomic E-state index is 9.50. The summed E-state index contributed by atoms with van der Waals surface area (Å²) in [4.78, 5) is 0. The van der Waals surface area contributed by atoms with Gasteiger partial charge in [0.2, 0.25) is 0 Å². The van der Waals surface area contributed by atoms with Crippen LogP contribution in [0.3, 0.4) is 0 Å². The summed E-state index contributed by atoms with van der Waals surface area (Å²) < 4.78 is 6.68. The number of ether oxygens (including phenoxy) is 1. The van der Waals surface area contributed by atoms with Gasteiger partial charge in [0.15, 0.2) is 0 Å². The summed E-state index contributed by atoms with van der Waals surface area (Å²) in [6.07, 6.45) is 2.50. The monoisotopic (exact) mass is 298 g/mol. The van der Waals surface area contributed by atoms with Gasteiger partial charge >= 0.3 is 0 Å². The molecule has 0 saturated carbocycles. The molecular formula is C14H19BrO2. The molecule has 3 heteroatoms. The zero-order valence-electron chi connectivity index (χ0n) is 10.5. The van der Waals surface area contributed by atoms with Crippen LogP contribution in [0, 0.1) is 0 Å². The van der Waals surface area contributed by atoms with Crippen LogP contribution in [0.25, 0.3) is 6.08 Å². The lowest BCUT2D eigenvalue weighted by Gasteiger charge is -2.11. The quantitative estimate of drug-likeness (QED) is 0.889. The Bertz CT molecular complexity index is 397. The zero-order valence-corrected chi connectivity index (χ0v) is 12.1. The van der Waals surface area contributed by atoms with Crippen LogP contribution >= 0.6 is 15.9 Å². The Hall–Kier alpha value is -0.800. The van der Waals surface area contributed by atoms with Crippen LogP contribution < -0.4 is 4.74 Å². The molecule has 2 nitrogen and oxygen atoms in total. The summed E-state index contributed by atoms with van der Waals surface area (Å²) in [6, 6.07) is 5.90. The number of benzene rings is 1. The zero-order chi connectivity index (χ0) is 12.8. The molecule has 0 heterocycles. The average Bonchev–Trinajstić information content (AvgIpc) is 2.28. The lowest BCUT2D eigenvalue weighted by atomic mass is 10.1. The highest BCUT2D eigenvalue weighted by Gasteiger charge is 2.05. The maximum Gasteiger partial charge on any atom is 0.126 e. The molecule has 0 aliphatic carbocycles. The van der Waals surface area contributed by atoms with Gasteiger partial charge in [0.1, 0.15) is 5.75 Å². The van der Waals surface area contributed by atoms with Crippen molar-refractivity contribution in [2.45, 2.75) is 33.3 Å². The van der Waals surface area contributed by atoms with Crippen molar-refractivity contribution in [2.24, 2.45) is 0 Å². The second-order valence-electron chi connectivity index (χ2n) is 4.09. The van der Waals surface area contributed by atoms with Gasteiger partial charge in [0.25, 0.3) is 0 Å². The Morgan fingerprint density at radius 2 is 2.24 bits per heavy atom. The van der Waals surface area contributed by atoms with Crippen LogP contribution in [-0.2, 0) is 0 Å². The van der Waals surface area contributed by atoms with E-state index in [1.54, 1.807) is 6.92 Å². The van der Waals surface area contributed by atoms with Crippen molar-refractivity contribution >= 4 is 22.0 Å².